The number of rotatable bonds is 4. The van der Waals surface area contributed by atoms with Gasteiger partial charge in [0.05, 0.1) is 18.9 Å². The Labute approximate surface area is 135 Å². The lowest BCUT2D eigenvalue weighted by Gasteiger charge is -2.35. The molecule has 0 N–H and O–H groups in total. The van der Waals surface area contributed by atoms with E-state index in [-0.39, 0.29) is 11.9 Å². The summed E-state index contributed by atoms with van der Waals surface area (Å²) in [6.07, 6.45) is 2.08. The van der Waals surface area contributed by atoms with Gasteiger partial charge in [-0.2, -0.15) is 0 Å². The van der Waals surface area contributed by atoms with Gasteiger partial charge >= 0.3 is 0 Å². The summed E-state index contributed by atoms with van der Waals surface area (Å²) < 4.78 is 7.44. The van der Waals surface area contributed by atoms with E-state index in [4.69, 9.17) is 4.74 Å². The van der Waals surface area contributed by atoms with E-state index in [0.717, 1.165) is 23.7 Å². The third-order valence-corrected chi connectivity index (χ3v) is 5.04. The maximum Gasteiger partial charge on any atom is 0.233 e. The fourth-order valence-electron chi connectivity index (χ4n) is 2.84. The van der Waals surface area contributed by atoms with Crippen LogP contribution in [-0.2, 0) is 11.3 Å². The number of amides is 1. The summed E-state index contributed by atoms with van der Waals surface area (Å²) in [5.74, 6) is 1.47. The number of hydrogen-bond acceptors (Lipinski definition) is 3. The Bertz CT molecular complexity index is 668. The number of aromatic nitrogens is 1. The van der Waals surface area contributed by atoms with Crippen molar-refractivity contribution in [2.24, 2.45) is 0 Å². The van der Waals surface area contributed by atoms with Crippen molar-refractivity contribution in [2.75, 3.05) is 19.4 Å². The predicted octanol–water partition coefficient (Wildman–Crippen LogP) is 3.19. The smallest absolute Gasteiger partial charge is 0.233 e. The van der Waals surface area contributed by atoms with E-state index in [1.54, 1.807) is 18.9 Å². The first-order valence-corrected chi connectivity index (χ1v) is 8.39. The first kappa shape index (κ1) is 15.0. The lowest BCUT2D eigenvalue weighted by atomic mass is 10.1. The molecule has 2 aromatic rings. The number of hydrogen-bond donors (Lipinski definition) is 0. The van der Waals surface area contributed by atoms with Crippen molar-refractivity contribution < 1.29 is 9.53 Å². The number of carbonyl (C=O) groups is 1. The number of fused-ring (bicyclic) bond motifs is 1. The van der Waals surface area contributed by atoms with Crippen LogP contribution >= 0.6 is 11.8 Å². The van der Waals surface area contributed by atoms with Gasteiger partial charge in [0.1, 0.15) is 5.75 Å². The van der Waals surface area contributed by atoms with E-state index in [0.29, 0.717) is 5.75 Å². The predicted molar refractivity (Wildman–Crippen MR) is 88.3 cm³/mol. The van der Waals surface area contributed by atoms with Crippen LogP contribution < -0.4 is 4.74 Å². The Morgan fingerprint density at radius 2 is 2.18 bits per heavy atom. The van der Waals surface area contributed by atoms with Crippen molar-refractivity contribution >= 4 is 17.7 Å². The lowest BCUT2D eigenvalue weighted by Crippen LogP contribution is -2.41. The van der Waals surface area contributed by atoms with Crippen LogP contribution in [0.25, 0.3) is 0 Å². The van der Waals surface area contributed by atoms with Gasteiger partial charge in [0, 0.05) is 29.9 Å². The van der Waals surface area contributed by atoms with E-state index >= 15 is 0 Å². The molecule has 22 heavy (non-hydrogen) atoms. The van der Waals surface area contributed by atoms with Crippen LogP contribution in [0.2, 0.25) is 0 Å². The van der Waals surface area contributed by atoms with Gasteiger partial charge in [-0.3, -0.25) is 4.79 Å². The molecule has 0 saturated heterocycles. The highest BCUT2D eigenvalue weighted by atomic mass is 32.2. The van der Waals surface area contributed by atoms with Crippen LogP contribution in [0.1, 0.15) is 18.7 Å². The molecule has 2 heterocycles. The number of benzene rings is 1. The van der Waals surface area contributed by atoms with Crippen molar-refractivity contribution in [2.45, 2.75) is 24.4 Å². The molecule has 5 heteroatoms. The highest BCUT2D eigenvalue weighted by molar-refractivity contribution is 8.00. The van der Waals surface area contributed by atoms with Crippen molar-refractivity contribution in [3.63, 3.8) is 0 Å². The third-order valence-electron chi connectivity index (χ3n) is 4.07. The molecule has 0 aliphatic carbocycles. The van der Waals surface area contributed by atoms with Crippen molar-refractivity contribution in [1.29, 1.82) is 0 Å². The quantitative estimate of drug-likeness (QED) is 0.813. The second-order valence-electron chi connectivity index (χ2n) is 5.36. The fourth-order valence-corrected chi connectivity index (χ4v) is 3.67. The molecule has 0 bridgehead atoms. The molecule has 1 aliphatic rings. The third kappa shape index (κ3) is 2.99. The maximum atomic E-state index is 12.5. The fraction of sp³-hybridized carbons (Fsp3) is 0.353. The molecule has 0 fully saturated rings. The van der Waals surface area contributed by atoms with Gasteiger partial charge < -0.3 is 14.2 Å². The van der Waals surface area contributed by atoms with E-state index in [1.165, 1.54) is 5.69 Å². The molecule has 0 spiro atoms. The SMILES string of the molecule is COc1cccc(SCC(=O)N2CCn3cccc3C2C)c1. The van der Waals surface area contributed by atoms with Crippen LogP contribution in [0.15, 0.2) is 47.5 Å². The van der Waals surface area contributed by atoms with Gasteiger partial charge in [0.25, 0.3) is 0 Å². The first-order valence-electron chi connectivity index (χ1n) is 7.40. The Morgan fingerprint density at radius 3 is 3.00 bits per heavy atom. The number of carbonyl (C=O) groups excluding carboxylic acids is 1. The van der Waals surface area contributed by atoms with Crippen LogP contribution in [0, 0.1) is 0 Å². The summed E-state index contributed by atoms with van der Waals surface area (Å²) in [5, 5.41) is 0. The molecule has 1 aromatic heterocycles. The summed E-state index contributed by atoms with van der Waals surface area (Å²) in [5.41, 5.74) is 1.21. The van der Waals surface area contributed by atoms with E-state index < -0.39 is 0 Å². The molecule has 1 atom stereocenters. The zero-order chi connectivity index (χ0) is 15.5. The van der Waals surface area contributed by atoms with E-state index in [9.17, 15) is 4.79 Å². The topological polar surface area (TPSA) is 34.5 Å². The van der Waals surface area contributed by atoms with Gasteiger partial charge in [-0.15, -0.1) is 11.8 Å². The second kappa shape index (κ2) is 6.48. The Balaban J connectivity index is 1.63. The highest BCUT2D eigenvalue weighted by Crippen LogP contribution is 2.28. The van der Waals surface area contributed by atoms with Gasteiger partial charge in [0.15, 0.2) is 0 Å². The number of thioether (sulfide) groups is 1. The normalized spacial score (nSPS) is 17.2. The van der Waals surface area contributed by atoms with Crippen molar-refractivity contribution in [3.8, 4) is 5.75 Å². The molecule has 1 unspecified atom stereocenters. The largest absolute Gasteiger partial charge is 0.497 e. The molecule has 0 saturated carbocycles. The molecule has 1 aliphatic heterocycles. The summed E-state index contributed by atoms with van der Waals surface area (Å²) in [6.45, 7) is 3.75. The molecule has 1 amide bonds. The van der Waals surface area contributed by atoms with Gasteiger partial charge in [0.2, 0.25) is 5.91 Å². The maximum absolute atomic E-state index is 12.5. The monoisotopic (exact) mass is 316 g/mol. The average molecular weight is 316 g/mol. The Hall–Kier alpha value is -1.88. The minimum Gasteiger partial charge on any atom is -0.497 e. The minimum absolute atomic E-state index is 0.141. The molecule has 116 valence electrons. The standard InChI is InChI=1S/C17H20N2O2S/c1-13-16-7-4-8-18(16)9-10-19(13)17(20)12-22-15-6-3-5-14(11-15)21-2/h3-8,11,13H,9-10,12H2,1-2H3. The molecule has 4 nitrogen and oxygen atoms in total. The second-order valence-corrected chi connectivity index (χ2v) is 6.41. The minimum atomic E-state index is 0.141. The lowest BCUT2D eigenvalue weighted by molar-refractivity contribution is -0.131. The van der Waals surface area contributed by atoms with Gasteiger partial charge in [-0.25, -0.2) is 0 Å². The van der Waals surface area contributed by atoms with Crippen LogP contribution in [0.5, 0.6) is 5.75 Å². The summed E-state index contributed by atoms with van der Waals surface area (Å²) >= 11 is 1.56. The van der Waals surface area contributed by atoms with Crippen molar-refractivity contribution in [3.05, 3.63) is 48.3 Å². The van der Waals surface area contributed by atoms with E-state index in [2.05, 4.69) is 23.8 Å². The zero-order valence-corrected chi connectivity index (χ0v) is 13.7. The molecular weight excluding hydrogens is 296 g/mol. The molecule has 3 rings (SSSR count). The van der Waals surface area contributed by atoms with Crippen molar-refractivity contribution in [1.82, 2.24) is 9.47 Å². The number of nitrogens with zero attached hydrogens (tertiary/aromatic N) is 2. The zero-order valence-electron chi connectivity index (χ0n) is 12.9. The summed E-state index contributed by atoms with van der Waals surface area (Å²) in [6, 6.07) is 12.1. The summed E-state index contributed by atoms with van der Waals surface area (Å²) in [4.78, 5) is 15.6. The van der Waals surface area contributed by atoms with Crippen LogP contribution in [0.3, 0.4) is 0 Å². The number of ether oxygens (including phenoxy) is 1. The Kier molecular flexibility index (Phi) is 4.43. The number of methoxy groups -OCH3 is 1. The first-order chi connectivity index (χ1) is 10.7. The van der Waals surface area contributed by atoms with E-state index in [1.807, 2.05) is 35.2 Å². The highest BCUT2D eigenvalue weighted by Gasteiger charge is 2.27. The van der Waals surface area contributed by atoms with Gasteiger partial charge in [-0.1, -0.05) is 6.07 Å². The average Bonchev–Trinajstić information content (AvgIpc) is 3.03. The van der Waals surface area contributed by atoms with Crippen LogP contribution in [-0.4, -0.2) is 34.8 Å². The summed E-state index contributed by atoms with van der Waals surface area (Å²) in [7, 11) is 1.65. The molecular formula is C17H20N2O2S. The van der Waals surface area contributed by atoms with Crippen LogP contribution in [0.4, 0.5) is 0 Å². The molecule has 0 radical (unpaired) electrons. The molecule has 1 aromatic carbocycles. The Morgan fingerprint density at radius 1 is 1.32 bits per heavy atom. The van der Waals surface area contributed by atoms with Gasteiger partial charge in [-0.05, 0) is 37.3 Å².